The van der Waals surface area contributed by atoms with E-state index in [4.69, 9.17) is 0 Å². The molecule has 0 unspecified atom stereocenters. The van der Waals surface area contributed by atoms with Crippen LogP contribution in [0, 0.1) is 0 Å². The summed E-state index contributed by atoms with van der Waals surface area (Å²) in [6.07, 6.45) is 6.17. The van der Waals surface area contributed by atoms with Crippen LogP contribution < -0.4 is 5.32 Å². The lowest BCUT2D eigenvalue weighted by atomic mass is 10.1. The highest BCUT2D eigenvalue weighted by molar-refractivity contribution is 6.10. The molecule has 3 aromatic rings. The van der Waals surface area contributed by atoms with Crippen molar-refractivity contribution in [2.24, 2.45) is 0 Å². The van der Waals surface area contributed by atoms with Gasteiger partial charge in [-0.1, -0.05) is 12.1 Å². The standard InChI is InChI=1S/C20H21N5O2/c26-16-6-11-25(12-7-16)13-14-1-3-15(4-2-14)24-20(27)17-5-8-22-19-18(17)21-9-10-23-19/h1-5,8-10,16,26H,6-7,11-13H2,(H,24,27). The molecule has 0 aliphatic carbocycles. The number of piperidine rings is 1. The van der Waals surface area contributed by atoms with Gasteiger partial charge in [-0.15, -0.1) is 0 Å². The van der Waals surface area contributed by atoms with Crippen molar-refractivity contribution in [3.8, 4) is 0 Å². The fraction of sp³-hybridized carbons (Fsp3) is 0.300. The molecule has 27 heavy (non-hydrogen) atoms. The molecular formula is C20H21N5O2. The first-order valence-corrected chi connectivity index (χ1v) is 9.05. The van der Waals surface area contributed by atoms with Gasteiger partial charge >= 0.3 is 0 Å². The number of aliphatic hydroxyl groups excluding tert-OH is 1. The average molecular weight is 363 g/mol. The molecule has 2 aromatic heterocycles. The maximum Gasteiger partial charge on any atom is 0.258 e. The van der Waals surface area contributed by atoms with Gasteiger partial charge in [-0.05, 0) is 36.6 Å². The van der Waals surface area contributed by atoms with Crippen molar-refractivity contribution in [1.29, 1.82) is 0 Å². The highest BCUT2D eigenvalue weighted by Gasteiger charge is 2.17. The lowest BCUT2D eigenvalue weighted by Gasteiger charge is -2.29. The molecule has 2 N–H and O–H groups in total. The van der Waals surface area contributed by atoms with Crippen molar-refractivity contribution in [1.82, 2.24) is 19.9 Å². The zero-order valence-electron chi connectivity index (χ0n) is 14.9. The Kier molecular flexibility index (Phi) is 5.04. The Labute approximate surface area is 157 Å². The number of fused-ring (bicyclic) bond motifs is 1. The summed E-state index contributed by atoms with van der Waals surface area (Å²) in [7, 11) is 0. The van der Waals surface area contributed by atoms with Crippen LogP contribution >= 0.6 is 0 Å². The van der Waals surface area contributed by atoms with Gasteiger partial charge < -0.3 is 10.4 Å². The summed E-state index contributed by atoms with van der Waals surface area (Å²) in [5.74, 6) is -0.235. The molecule has 7 heteroatoms. The SMILES string of the molecule is O=C(Nc1ccc(CN2CCC(O)CC2)cc1)c1ccnc2nccnc12. The number of hydrogen-bond acceptors (Lipinski definition) is 6. The van der Waals surface area contributed by atoms with Crippen LogP contribution in [0.5, 0.6) is 0 Å². The number of aliphatic hydroxyl groups is 1. The Morgan fingerprint density at radius 3 is 2.52 bits per heavy atom. The van der Waals surface area contributed by atoms with Crippen molar-refractivity contribution in [3.05, 3.63) is 60.0 Å². The van der Waals surface area contributed by atoms with E-state index in [-0.39, 0.29) is 12.0 Å². The van der Waals surface area contributed by atoms with Gasteiger partial charge in [-0.3, -0.25) is 14.7 Å². The summed E-state index contributed by atoms with van der Waals surface area (Å²) in [5, 5.41) is 12.5. The molecule has 0 spiro atoms. The van der Waals surface area contributed by atoms with Crippen LogP contribution in [-0.4, -0.2) is 50.1 Å². The maximum atomic E-state index is 12.6. The number of likely N-dealkylation sites (tertiary alicyclic amines) is 1. The summed E-state index contributed by atoms with van der Waals surface area (Å²) in [6, 6.07) is 9.49. The quantitative estimate of drug-likeness (QED) is 0.739. The van der Waals surface area contributed by atoms with E-state index in [9.17, 15) is 9.90 Å². The zero-order chi connectivity index (χ0) is 18.6. The number of pyridine rings is 1. The number of rotatable bonds is 4. The van der Waals surface area contributed by atoms with Crippen LogP contribution in [0.2, 0.25) is 0 Å². The number of benzene rings is 1. The van der Waals surface area contributed by atoms with Crippen LogP contribution in [0.1, 0.15) is 28.8 Å². The van der Waals surface area contributed by atoms with Gasteiger partial charge in [0.2, 0.25) is 0 Å². The average Bonchev–Trinajstić information content (AvgIpc) is 2.71. The minimum atomic E-state index is -0.235. The van der Waals surface area contributed by atoms with E-state index < -0.39 is 0 Å². The first-order valence-electron chi connectivity index (χ1n) is 9.05. The molecule has 1 aliphatic rings. The van der Waals surface area contributed by atoms with Gasteiger partial charge in [-0.25, -0.2) is 9.97 Å². The van der Waals surface area contributed by atoms with E-state index in [0.29, 0.717) is 16.7 Å². The second-order valence-electron chi connectivity index (χ2n) is 6.75. The summed E-state index contributed by atoms with van der Waals surface area (Å²) < 4.78 is 0. The van der Waals surface area contributed by atoms with Crippen LogP contribution in [-0.2, 0) is 6.54 Å². The Morgan fingerprint density at radius 1 is 1.04 bits per heavy atom. The number of amides is 1. The van der Waals surface area contributed by atoms with E-state index in [1.807, 2.05) is 24.3 Å². The summed E-state index contributed by atoms with van der Waals surface area (Å²) in [5.41, 5.74) is 3.30. The third-order valence-corrected chi connectivity index (χ3v) is 4.79. The Morgan fingerprint density at radius 2 is 1.74 bits per heavy atom. The number of nitrogens with one attached hydrogen (secondary N) is 1. The Balaban J connectivity index is 1.43. The van der Waals surface area contributed by atoms with Crippen LogP contribution in [0.25, 0.3) is 11.2 Å². The van der Waals surface area contributed by atoms with E-state index in [1.165, 1.54) is 5.56 Å². The highest BCUT2D eigenvalue weighted by Crippen LogP contribution is 2.17. The second kappa shape index (κ2) is 7.77. The van der Waals surface area contributed by atoms with Crippen LogP contribution in [0.3, 0.4) is 0 Å². The lowest BCUT2D eigenvalue weighted by Crippen LogP contribution is -2.35. The van der Waals surface area contributed by atoms with Gasteiger partial charge in [0.05, 0.1) is 11.7 Å². The van der Waals surface area contributed by atoms with E-state index in [2.05, 4.69) is 25.2 Å². The molecule has 1 amide bonds. The van der Waals surface area contributed by atoms with Crippen molar-refractivity contribution in [2.45, 2.75) is 25.5 Å². The van der Waals surface area contributed by atoms with Crippen LogP contribution in [0.15, 0.2) is 48.9 Å². The van der Waals surface area contributed by atoms with Gasteiger partial charge in [0.25, 0.3) is 5.91 Å². The summed E-state index contributed by atoms with van der Waals surface area (Å²) in [6.45, 7) is 2.68. The number of anilines is 1. The Hall–Kier alpha value is -2.90. The Bertz CT molecular complexity index is 931. The molecule has 1 fully saturated rings. The van der Waals surface area contributed by atoms with Gasteiger partial charge in [0.15, 0.2) is 5.65 Å². The summed E-state index contributed by atoms with van der Waals surface area (Å²) in [4.78, 5) is 27.4. The molecule has 1 aromatic carbocycles. The van der Waals surface area contributed by atoms with E-state index >= 15 is 0 Å². The predicted molar refractivity (Wildman–Crippen MR) is 102 cm³/mol. The molecule has 138 valence electrons. The summed E-state index contributed by atoms with van der Waals surface area (Å²) >= 11 is 0. The van der Waals surface area contributed by atoms with Crippen molar-refractivity contribution in [2.75, 3.05) is 18.4 Å². The number of aromatic nitrogens is 3. The normalized spacial score (nSPS) is 15.7. The molecule has 1 saturated heterocycles. The van der Waals surface area contributed by atoms with Gasteiger partial charge in [0.1, 0.15) is 5.52 Å². The third-order valence-electron chi connectivity index (χ3n) is 4.79. The maximum absolute atomic E-state index is 12.6. The zero-order valence-corrected chi connectivity index (χ0v) is 14.9. The van der Waals surface area contributed by atoms with Crippen LogP contribution in [0.4, 0.5) is 5.69 Å². The molecule has 3 heterocycles. The topological polar surface area (TPSA) is 91.2 Å². The van der Waals surface area contributed by atoms with Crippen molar-refractivity contribution < 1.29 is 9.90 Å². The first-order chi connectivity index (χ1) is 13.2. The first kappa shape index (κ1) is 17.5. The monoisotopic (exact) mass is 363 g/mol. The molecule has 0 saturated carbocycles. The third kappa shape index (κ3) is 4.10. The molecular weight excluding hydrogens is 342 g/mol. The number of carbonyl (C=O) groups excluding carboxylic acids is 1. The molecule has 0 bridgehead atoms. The molecule has 7 nitrogen and oxygen atoms in total. The fourth-order valence-electron chi connectivity index (χ4n) is 3.29. The van der Waals surface area contributed by atoms with Crippen molar-refractivity contribution in [3.63, 3.8) is 0 Å². The smallest absolute Gasteiger partial charge is 0.258 e. The minimum absolute atomic E-state index is 0.159. The predicted octanol–water partition coefficient (Wildman–Crippen LogP) is 2.23. The largest absolute Gasteiger partial charge is 0.393 e. The van der Waals surface area contributed by atoms with Crippen molar-refractivity contribution >= 4 is 22.8 Å². The molecule has 4 rings (SSSR count). The second-order valence-corrected chi connectivity index (χ2v) is 6.75. The van der Waals surface area contributed by atoms with E-state index in [1.54, 1.807) is 24.7 Å². The number of carbonyl (C=O) groups is 1. The number of nitrogens with zero attached hydrogens (tertiary/aromatic N) is 4. The van der Waals surface area contributed by atoms with Gasteiger partial charge in [0, 0.05) is 43.9 Å². The molecule has 0 atom stereocenters. The molecule has 1 aliphatic heterocycles. The molecule has 0 radical (unpaired) electrons. The fourth-order valence-corrected chi connectivity index (χ4v) is 3.29. The minimum Gasteiger partial charge on any atom is -0.393 e. The highest BCUT2D eigenvalue weighted by atomic mass is 16.3. The lowest BCUT2D eigenvalue weighted by molar-refractivity contribution is 0.0792. The number of hydrogen-bond donors (Lipinski definition) is 2. The van der Waals surface area contributed by atoms with Gasteiger partial charge in [-0.2, -0.15) is 0 Å². The van der Waals surface area contributed by atoms with E-state index in [0.717, 1.165) is 38.2 Å².